The molecule has 1 heterocycles. The summed E-state index contributed by atoms with van der Waals surface area (Å²) in [5.41, 5.74) is 1.04. The third kappa shape index (κ3) is 2.71. The van der Waals surface area contributed by atoms with Crippen molar-refractivity contribution in [2.45, 2.75) is 13.0 Å². The van der Waals surface area contributed by atoms with Crippen LogP contribution < -0.4 is 4.74 Å². The van der Waals surface area contributed by atoms with Gasteiger partial charge in [0.25, 0.3) is 0 Å². The smallest absolute Gasteiger partial charge is 0.346 e. The molecule has 0 saturated carbocycles. The van der Waals surface area contributed by atoms with Crippen LogP contribution in [-0.2, 0) is 9.53 Å². The molecule has 0 spiro atoms. The van der Waals surface area contributed by atoms with Gasteiger partial charge in [-0.2, -0.15) is 0 Å². The van der Waals surface area contributed by atoms with Crippen molar-refractivity contribution in [2.75, 3.05) is 7.11 Å². The number of aromatic nitrogens is 1. The summed E-state index contributed by atoms with van der Waals surface area (Å²) < 4.78 is 12.0. The minimum absolute atomic E-state index is 0.385. The molecule has 0 fully saturated rings. The Morgan fingerprint density at radius 2 is 1.78 bits per heavy atom. The van der Waals surface area contributed by atoms with Crippen LogP contribution in [0.3, 0.4) is 0 Å². The van der Waals surface area contributed by atoms with Gasteiger partial charge in [-0.3, -0.25) is 0 Å². The van der Waals surface area contributed by atoms with Gasteiger partial charge in [0.2, 0.25) is 0 Å². The molecule has 4 nitrogen and oxygen atoms in total. The van der Waals surface area contributed by atoms with E-state index in [1.165, 1.54) is 7.11 Å². The zero-order chi connectivity index (χ0) is 13.0. The highest BCUT2D eigenvalue weighted by atomic mass is 16.6. The van der Waals surface area contributed by atoms with Crippen molar-refractivity contribution < 1.29 is 14.3 Å². The van der Waals surface area contributed by atoms with Crippen LogP contribution in [0.25, 0.3) is 5.69 Å². The van der Waals surface area contributed by atoms with E-state index in [0.717, 1.165) is 5.69 Å². The Balaban J connectivity index is 2.06. The van der Waals surface area contributed by atoms with Crippen LogP contribution in [0.15, 0.2) is 48.8 Å². The molecular weight excluding hydrogens is 230 g/mol. The number of benzene rings is 1. The number of methoxy groups -OCH3 is 1. The molecule has 0 radical (unpaired) electrons. The maximum atomic E-state index is 11.2. The Bertz CT molecular complexity index is 502. The molecule has 1 unspecified atom stereocenters. The van der Waals surface area contributed by atoms with Gasteiger partial charge >= 0.3 is 5.97 Å². The molecule has 94 valence electrons. The summed E-state index contributed by atoms with van der Waals surface area (Å²) in [6.07, 6.45) is 3.33. The normalized spacial score (nSPS) is 11.9. The number of carbonyl (C=O) groups excluding carboxylic acids is 1. The lowest BCUT2D eigenvalue weighted by molar-refractivity contribution is -0.147. The third-order valence-corrected chi connectivity index (χ3v) is 2.59. The molecule has 0 saturated heterocycles. The molecule has 2 aromatic rings. The number of ether oxygens (including phenoxy) is 2. The van der Waals surface area contributed by atoms with Crippen LogP contribution in [-0.4, -0.2) is 23.8 Å². The topological polar surface area (TPSA) is 40.5 Å². The van der Waals surface area contributed by atoms with Gasteiger partial charge in [-0.15, -0.1) is 0 Å². The van der Waals surface area contributed by atoms with Crippen molar-refractivity contribution in [3.63, 3.8) is 0 Å². The zero-order valence-electron chi connectivity index (χ0n) is 10.4. The summed E-state index contributed by atoms with van der Waals surface area (Å²) in [5.74, 6) is 0.258. The molecule has 0 aliphatic heterocycles. The first kappa shape index (κ1) is 12.2. The van der Waals surface area contributed by atoms with Gasteiger partial charge in [-0.1, -0.05) is 0 Å². The van der Waals surface area contributed by atoms with Crippen LogP contribution in [0.4, 0.5) is 0 Å². The molecule has 0 aliphatic carbocycles. The van der Waals surface area contributed by atoms with Crippen molar-refractivity contribution in [3.05, 3.63) is 48.8 Å². The number of hydrogen-bond acceptors (Lipinski definition) is 3. The lowest BCUT2D eigenvalue weighted by Crippen LogP contribution is -2.24. The molecule has 1 aromatic heterocycles. The number of esters is 1. The molecule has 4 heteroatoms. The fraction of sp³-hybridized carbons (Fsp3) is 0.214. The number of rotatable bonds is 4. The Hall–Kier alpha value is -2.23. The van der Waals surface area contributed by atoms with Crippen LogP contribution in [0.5, 0.6) is 5.75 Å². The lowest BCUT2D eigenvalue weighted by atomic mass is 10.3. The highest BCUT2D eigenvalue weighted by Gasteiger charge is 2.14. The molecule has 1 atom stereocenters. The van der Waals surface area contributed by atoms with Gasteiger partial charge in [-0.05, 0) is 43.3 Å². The maximum Gasteiger partial charge on any atom is 0.346 e. The van der Waals surface area contributed by atoms with E-state index in [1.54, 1.807) is 6.92 Å². The Morgan fingerprint density at radius 3 is 2.33 bits per heavy atom. The SMILES string of the molecule is COC(=O)C(C)Oc1ccc(-n2cccc2)cc1. The summed E-state index contributed by atoms with van der Waals surface area (Å²) in [6.45, 7) is 1.66. The van der Waals surface area contributed by atoms with Gasteiger partial charge in [0.15, 0.2) is 6.10 Å². The molecule has 18 heavy (non-hydrogen) atoms. The highest BCUT2D eigenvalue weighted by Crippen LogP contribution is 2.16. The predicted octanol–water partition coefficient (Wildman–Crippen LogP) is 2.42. The molecule has 0 N–H and O–H groups in total. The highest BCUT2D eigenvalue weighted by molar-refractivity contribution is 5.74. The van der Waals surface area contributed by atoms with Crippen LogP contribution in [0.1, 0.15) is 6.92 Å². The Kier molecular flexibility index (Phi) is 3.67. The molecule has 0 amide bonds. The van der Waals surface area contributed by atoms with E-state index in [4.69, 9.17) is 4.74 Å². The van der Waals surface area contributed by atoms with E-state index in [1.807, 2.05) is 53.4 Å². The monoisotopic (exact) mass is 245 g/mol. The van der Waals surface area contributed by atoms with Crippen LogP contribution >= 0.6 is 0 Å². The zero-order valence-corrected chi connectivity index (χ0v) is 10.4. The van der Waals surface area contributed by atoms with E-state index in [2.05, 4.69) is 4.74 Å². The van der Waals surface area contributed by atoms with E-state index in [-0.39, 0.29) is 5.97 Å². The lowest BCUT2D eigenvalue weighted by Gasteiger charge is -2.12. The number of carbonyl (C=O) groups is 1. The second-order valence-corrected chi connectivity index (χ2v) is 3.87. The molecular formula is C14H15NO3. The van der Waals surface area contributed by atoms with E-state index in [0.29, 0.717) is 5.75 Å². The Labute approximate surface area is 106 Å². The fourth-order valence-electron chi connectivity index (χ4n) is 1.62. The van der Waals surface area contributed by atoms with Crippen molar-refractivity contribution in [2.24, 2.45) is 0 Å². The number of nitrogens with zero attached hydrogens (tertiary/aromatic N) is 1. The summed E-state index contributed by atoms with van der Waals surface area (Å²) in [4.78, 5) is 11.2. The molecule has 0 aliphatic rings. The van der Waals surface area contributed by atoms with Gasteiger partial charge in [0.1, 0.15) is 5.75 Å². The fourth-order valence-corrected chi connectivity index (χ4v) is 1.62. The van der Waals surface area contributed by atoms with Crippen molar-refractivity contribution >= 4 is 5.97 Å². The van der Waals surface area contributed by atoms with Crippen molar-refractivity contribution in [3.8, 4) is 11.4 Å². The van der Waals surface area contributed by atoms with Crippen LogP contribution in [0, 0.1) is 0 Å². The average Bonchev–Trinajstić information content (AvgIpc) is 2.92. The van der Waals surface area contributed by atoms with Crippen molar-refractivity contribution in [1.82, 2.24) is 4.57 Å². The van der Waals surface area contributed by atoms with Gasteiger partial charge in [-0.25, -0.2) is 4.79 Å². The number of hydrogen-bond donors (Lipinski definition) is 0. The quantitative estimate of drug-likeness (QED) is 0.777. The summed E-state index contributed by atoms with van der Waals surface area (Å²) >= 11 is 0. The van der Waals surface area contributed by atoms with E-state index < -0.39 is 6.10 Å². The minimum Gasteiger partial charge on any atom is -0.479 e. The van der Waals surface area contributed by atoms with E-state index in [9.17, 15) is 4.79 Å². The predicted molar refractivity (Wildman–Crippen MR) is 67.9 cm³/mol. The van der Waals surface area contributed by atoms with Gasteiger partial charge in [0.05, 0.1) is 7.11 Å². The van der Waals surface area contributed by atoms with Gasteiger partial charge < -0.3 is 14.0 Å². The second kappa shape index (κ2) is 5.40. The average molecular weight is 245 g/mol. The summed E-state index contributed by atoms with van der Waals surface area (Å²) in [5, 5.41) is 0. The first-order chi connectivity index (χ1) is 8.70. The minimum atomic E-state index is -0.604. The van der Waals surface area contributed by atoms with E-state index >= 15 is 0 Å². The maximum absolute atomic E-state index is 11.2. The van der Waals surface area contributed by atoms with Gasteiger partial charge in [0, 0.05) is 18.1 Å². The van der Waals surface area contributed by atoms with Crippen molar-refractivity contribution in [1.29, 1.82) is 0 Å². The second-order valence-electron chi connectivity index (χ2n) is 3.87. The van der Waals surface area contributed by atoms with Crippen LogP contribution in [0.2, 0.25) is 0 Å². The summed E-state index contributed by atoms with van der Waals surface area (Å²) in [6, 6.07) is 11.4. The first-order valence-electron chi connectivity index (χ1n) is 5.68. The largest absolute Gasteiger partial charge is 0.479 e. The molecule has 0 bridgehead atoms. The summed E-state index contributed by atoms with van der Waals surface area (Å²) in [7, 11) is 1.34. The Morgan fingerprint density at radius 1 is 1.17 bits per heavy atom. The molecule has 1 aromatic carbocycles. The third-order valence-electron chi connectivity index (χ3n) is 2.59. The molecule has 2 rings (SSSR count). The standard InChI is InChI=1S/C14H15NO3/c1-11(14(16)17-2)18-13-7-5-12(6-8-13)15-9-3-4-10-15/h3-11H,1-2H3. The first-order valence-corrected chi connectivity index (χ1v) is 5.68.